The Hall–Kier alpha value is -0.890. The molecule has 0 atom stereocenters. The smallest absolute Gasteiger partial charge is 0.264 e. The van der Waals surface area contributed by atoms with Crippen molar-refractivity contribution in [1.29, 1.82) is 0 Å². The molecule has 2 rings (SSSR count). The molecule has 1 N–H and O–H groups in total. The molecule has 0 aliphatic carbocycles. The summed E-state index contributed by atoms with van der Waals surface area (Å²) in [4.78, 5) is 5.56. The monoisotopic (exact) mass is 315 g/mol. The van der Waals surface area contributed by atoms with Gasteiger partial charge >= 0.3 is 0 Å². The Morgan fingerprint density at radius 1 is 1.26 bits per heavy atom. The van der Waals surface area contributed by atoms with Gasteiger partial charge in [-0.05, 0) is 25.0 Å². The Morgan fingerprint density at radius 2 is 2.00 bits per heavy atom. The molecule has 1 aromatic heterocycles. The maximum absolute atomic E-state index is 10.6. The first kappa shape index (κ1) is 14.5. The molecule has 0 unspecified atom stereocenters. The number of aromatic nitrogens is 1. The molecule has 0 amide bonds. The van der Waals surface area contributed by atoms with Crippen molar-refractivity contribution in [2.45, 2.75) is 22.1 Å². The summed E-state index contributed by atoms with van der Waals surface area (Å²) in [6.45, 7) is 0. The van der Waals surface area contributed by atoms with E-state index in [1.807, 2.05) is 35.7 Å². The average Bonchev–Trinajstić information content (AvgIpc) is 2.76. The van der Waals surface area contributed by atoms with E-state index in [1.165, 1.54) is 0 Å². The normalized spacial score (nSPS) is 11.6. The number of hydrogen-bond donors (Lipinski definition) is 1. The fourth-order valence-electron chi connectivity index (χ4n) is 1.48. The van der Waals surface area contributed by atoms with Gasteiger partial charge in [-0.25, -0.2) is 4.98 Å². The van der Waals surface area contributed by atoms with E-state index in [1.54, 1.807) is 23.1 Å². The Bertz CT molecular complexity index is 623. The summed E-state index contributed by atoms with van der Waals surface area (Å²) in [5.74, 6) is -0.217. The van der Waals surface area contributed by atoms with Gasteiger partial charge in [0.15, 0.2) is 4.34 Å². The SMILES string of the molecule is O=S(=O)(O)CCCc1csc(Sc2ccccc2)n1. The second-order valence-corrected chi connectivity index (χ2v) is 7.66. The van der Waals surface area contributed by atoms with Crippen LogP contribution in [0.3, 0.4) is 0 Å². The van der Waals surface area contributed by atoms with Crippen molar-refractivity contribution in [1.82, 2.24) is 4.98 Å². The Balaban J connectivity index is 1.89. The topological polar surface area (TPSA) is 67.3 Å². The molecule has 0 saturated carbocycles. The van der Waals surface area contributed by atoms with Crippen molar-refractivity contribution in [3.8, 4) is 0 Å². The van der Waals surface area contributed by atoms with E-state index < -0.39 is 10.1 Å². The molecule has 1 aromatic carbocycles. The van der Waals surface area contributed by atoms with E-state index in [2.05, 4.69) is 4.98 Å². The highest BCUT2D eigenvalue weighted by molar-refractivity contribution is 8.01. The molecular weight excluding hydrogens is 302 g/mol. The maximum atomic E-state index is 10.6. The number of benzene rings is 1. The van der Waals surface area contributed by atoms with Crippen LogP contribution in [0.5, 0.6) is 0 Å². The highest BCUT2D eigenvalue weighted by atomic mass is 32.2. The Kier molecular flexibility index (Phi) is 4.98. The van der Waals surface area contributed by atoms with Gasteiger partial charge < -0.3 is 0 Å². The van der Waals surface area contributed by atoms with E-state index in [0.29, 0.717) is 12.8 Å². The van der Waals surface area contributed by atoms with Crippen molar-refractivity contribution < 1.29 is 13.0 Å². The highest BCUT2D eigenvalue weighted by Crippen LogP contribution is 2.30. The summed E-state index contributed by atoms with van der Waals surface area (Å²) in [7, 11) is -3.87. The van der Waals surface area contributed by atoms with Crippen LogP contribution in [-0.2, 0) is 16.5 Å². The molecule has 0 aliphatic heterocycles. The lowest BCUT2D eigenvalue weighted by atomic mass is 10.3. The summed E-state index contributed by atoms with van der Waals surface area (Å²) < 4.78 is 30.8. The zero-order valence-electron chi connectivity index (χ0n) is 10.0. The molecule has 0 fully saturated rings. The van der Waals surface area contributed by atoms with Crippen LogP contribution in [0.15, 0.2) is 44.9 Å². The lowest BCUT2D eigenvalue weighted by Crippen LogP contribution is -2.04. The number of nitrogens with zero attached hydrogens (tertiary/aromatic N) is 1. The zero-order valence-corrected chi connectivity index (χ0v) is 12.5. The minimum Gasteiger partial charge on any atom is -0.286 e. The maximum Gasteiger partial charge on any atom is 0.264 e. The van der Waals surface area contributed by atoms with Gasteiger partial charge in [-0.3, -0.25) is 4.55 Å². The molecule has 1 heterocycles. The Morgan fingerprint density at radius 3 is 2.68 bits per heavy atom. The van der Waals surface area contributed by atoms with Gasteiger partial charge in [-0.1, -0.05) is 30.0 Å². The summed E-state index contributed by atoms with van der Waals surface area (Å²) in [6, 6.07) is 9.95. The van der Waals surface area contributed by atoms with Crippen molar-refractivity contribution in [3.05, 3.63) is 41.4 Å². The molecule has 19 heavy (non-hydrogen) atoms. The average molecular weight is 315 g/mol. The minimum absolute atomic E-state index is 0.217. The summed E-state index contributed by atoms with van der Waals surface area (Å²) >= 11 is 3.13. The standard InChI is InChI=1S/C12H13NO3S3/c14-19(15,16)8-4-5-10-9-17-12(13-10)18-11-6-2-1-3-7-11/h1-3,6-7,9H,4-5,8H2,(H,14,15,16). The fraction of sp³-hybridized carbons (Fsp3) is 0.250. The second-order valence-electron chi connectivity index (χ2n) is 3.91. The predicted octanol–water partition coefficient (Wildman–Crippen LogP) is 3.11. The highest BCUT2D eigenvalue weighted by Gasteiger charge is 2.07. The van der Waals surface area contributed by atoms with Gasteiger partial charge in [0, 0.05) is 10.3 Å². The van der Waals surface area contributed by atoms with Crippen LogP contribution in [0.2, 0.25) is 0 Å². The first-order chi connectivity index (χ1) is 9.03. The van der Waals surface area contributed by atoms with Crippen molar-refractivity contribution in [3.63, 3.8) is 0 Å². The molecule has 0 saturated heterocycles. The molecular formula is C12H13NO3S3. The van der Waals surface area contributed by atoms with E-state index in [-0.39, 0.29) is 5.75 Å². The van der Waals surface area contributed by atoms with Gasteiger partial charge in [0.25, 0.3) is 10.1 Å². The van der Waals surface area contributed by atoms with Gasteiger partial charge in [0.1, 0.15) is 0 Å². The van der Waals surface area contributed by atoms with Crippen LogP contribution in [0.25, 0.3) is 0 Å². The molecule has 4 nitrogen and oxygen atoms in total. The largest absolute Gasteiger partial charge is 0.286 e. The third-order valence-corrected chi connectivity index (χ3v) is 5.11. The van der Waals surface area contributed by atoms with Crippen molar-refractivity contribution in [2.75, 3.05) is 5.75 Å². The van der Waals surface area contributed by atoms with E-state index in [9.17, 15) is 8.42 Å². The van der Waals surface area contributed by atoms with Crippen LogP contribution in [0.4, 0.5) is 0 Å². The number of rotatable bonds is 6. The van der Waals surface area contributed by atoms with Crippen molar-refractivity contribution in [2.24, 2.45) is 0 Å². The molecule has 2 aromatic rings. The summed E-state index contributed by atoms with van der Waals surface area (Å²) in [5.41, 5.74) is 0.868. The fourth-order valence-corrected chi connectivity index (χ4v) is 3.84. The van der Waals surface area contributed by atoms with Crippen LogP contribution in [0.1, 0.15) is 12.1 Å². The molecule has 0 aliphatic rings. The van der Waals surface area contributed by atoms with Gasteiger partial charge in [0.05, 0.1) is 11.4 Å². The molecule has 7 heteroatoms. The van der Waals surface area contributed by atoms with E-state index in [4.69, 9.17) is 4.55 Å². The second kappa shape index (κ2) is 6.51. The molecule has 0 bridgehead atoms. The van der Waals surface area contributed by atoms with Gasteiger partial charge in [0.2, 0.25) is 0 Å². The Labute approximate surface area is 120 Å². The van der Waals surface area contributed by atoms with E-state index >= 15 is 0 Å². The molecule has 0 radical (unpaired) electrons. The zero-order chi connectivity index (χ0) is 13.7. The van der Waals surface area contributed by atoms with Gasteiger partial charge in [-0.15, -0.1) is 11.3 Å². The quantitative estimate of drug-likeness (QED) is 0.830. The third kappa shape index (κ3) is 5.32. The van der Waals surface area contributed by atoms with Crippen LogP contribution in [-0.4, -0.2) is 23.7 Å². The van der Waals surface area contributed by atoms with E-state index in [0.717, 1.165) is 14.9 Å². The third-order valence-electron chi connectivity index (χ3n) is 2.31. The van der Waals surface area contributed by atoms with Crippen LogP contribution < -0.4 is 0 Å². The predicted molar refractivity (Wildman–Crippen MR) is 77.4 cm³/mol. The first-order valence-corrected chi connectivity index (χ1v) is 8.96. The summed E-state index contributed by atoms with van der Waals surface area (Å²) in [5, 5.41) is 1.93. The first-order valence-electron chi connectivity index (χ1n) is 5.65. The number of aryl methyl sites for hydroxylation is 1. The minimum atomic E-state index is -3.87. The van der Waals surface area contributed by atoms with Crippen LogP contribution >= 0.6 is 23.1 Å². The van der Waals surface area contributed by atoms with Crippen molar-refractivity contribution >= 4 is 33.2 Å². The number of hydrogen-bond acceptors (Lipinski definition) is 5. The lowest BCUT2D eigenvalue weighted by Gasteiger charge is -1.96. The van der Waals surface area contributed by atoms with Crippen LogP contribution in [0, 0.1) is 0 Å². The molecule has 102 valence electrons. The number of thiazole rings is 1. The molecule has 0 spiro atoms. The lowest BCUT2D eigenvalue weighted by molar-refractivity contribution is 0.481. The summed E-state index contributed by atoms with van der Waals surface area (Å²) in [6.07, 6.45) is 0.948. The van der Waals surface area contributed by atoms with Gasteiger partial charge in [-0.2, -0.15) is 8.42 Å².